The maximum atomic E-state index is 12.5. The van der Waals surface area contributed by atoms with Gasteiger partial charge in [-0.15, -0.1) is 0 Å². The maximum absolute atomic E-state index is 12.5. The predicted octanol–water partition coefficient (Wildman–Crippen LogP) is 2.77. The van der Waals surface area contributed by atoms with Crippen molar-refractivity contribution in [2.75, 3.05) is 7.05 Å². The lowest BCUT2D eigenvalue weighted by Crippen LogP contribution is -2.27. The van der Waals surface area contributed by atoms with Gasteiger partial charge in [0, 0.05) is 29.7 Å². The second-order valence-corrected chi connectivity index (χ2v) is 7.19. The molecule has 2 aromatic rings. The van der Waals surface area contributed by atoms with Crippen LogP contribution in [0.25, 0.3) is 0 Å². The van der Waals surface area contributed by atoms with Crippen LogP contribution in [0.15, 0.2) is 50.6 Å². The molecule has 0 bridgehead atoms. The fourth-order valence-electron chi connectivity index (χ4n) is 1.74. The fourth-order valence-corrected chi connectivity index (χ4v) is 3.59. The maximum Gasteiger partial charge on any atom is 0.289 e. The number of hydrogen-bond donors (Lipinski definition) is 0. The van der Waals surface area contributed by atoms with Crippen molar-refractivity contribution in [3.8, 4) is 0 Å². The van der Waals surface area contributed by atoms with Crippen molar-refractivity contribution in [1.82, 2.24) is 4.31 Å². The van der Waals surface area contributed by atoms with Gasteiger partial charge >= 0.3 is 0 Å². The van der Waals surface area contributed by atoms with Gasteiger partial charge in [-0.2, -0.15) is 4.31 Å². The van der Waals surface area contributed by atoms with Crippen LogP contribution in [0.3, 0.4) is 0 Å². The second-order valence-electron chi connectivity index (χ2n) is 4.26. The smallest absolute Gasteiger partial charge is 0.289 e. The molecule has 0 unspecified atom stereocenters. The van der Waals surface area contributed by atoms with Crippen molar-refractivity contribution in [3.63, 3.8) is 0 Å². The molecule has 9 heteroatoms. The van der Waals surface area contributed by atoms with E-state index in [9.17, 15) is 18.5 Å². The van der Waals surface area contributed by atoms with Gasteiger partial charge in [0.1, 0.15) is 0 Å². The van der Waals surface area contributed by atoms with Gasteiger partial charge in [0.2, 0.25) is 10.0 Å². The lowest BCUT2D eigenvalue weighted by atomic mass is 10.3. The van der Waals surface area contributed by atoms with Crippen LogP contribution in [0.5, 0.6) is 0 Å². The first-order valence-corrected chi connectivity index (χ1v) is 7.97. The summed E-state index contributed by atoms with van der Waals surface area (Å²) >= 11 is 3.13. The minimum Gasteiger partial charge on any atom is -0.472 e. The number of halogens is 1. The first-order chi connectivity index (χ1) is 9.82. The largest absolute Gasteiger partial charge is 0.472 e. The highest BCUT2D eigenvalue weighted by molar-refractivity contribution is 9.10. The Hall–Kier alpha value is -1.71. The number of benzene rings is 1. The number of nitrogens with zero attached hydrogens (tertiary/aromatic N) is 2. The van der Waals surface area contributed by atoms with Crippen LogP contribution in [0.1, 0.15) is 5.56 Å². The summed E-state index contributed by atoms with van der Waals surface area (Å²) in [6, 6.07) is 5.43. The Kier molecular flexibility index (Phi) is 4.45. The second kappa shape index (κ2) is 5.96. The van der Waals surface area contributed by atoms with E-state index in [0.29, 0.717) is 10.0 Å². The Labute approximate surface area is 129 Å². The molecule has 0 aliphatic heterocycles. The van der Waals surface area contributed by atoms with E-state index in [4.69, 9.17) is 4.42 Å². The summed E-state index contributed by atoms with van der Waals surface area (Å²) in [4.78, 5) is 9.94. The molecule has 0 aliphatic rings. The third-order valence-electron chi connectivity index (χ3n) is 2.79. The van der Waals surface area contributed by atoms with E-state index in [2.05, 4.69) is 15.9 Å². The van der Waals surface area contributed by atoms with Crippen LogP contribution < -0.4 is 0 Å². The van der Waals surface area contributed by atoms with Crippen LogP contribution in [0.2, 0.25) is 0 Å². The number of hydrogen-bond acceptors (Lipinski definition) is 5. The molecule has 112 valence electrons. The zero-order valence-corrected chi connectivity index (χ0v) is 13.3. The molecule has 0 amide bonds. The van der Waals surface area contributed by atoms with Gasteiger partial charge in [-0.25, -0.2) is 8.42 Å². The van der Waals surface area contributed by atoms with Gasteiger partial charge in [0.15, 0.2) is 4.90 Å². The van der Waals surface area contributed by atoms with Gasteiger partial charge < -0.3 is 4.42 Å². The van der Waals surface area contributed by atoms with Crippen LogP contribution in [-0.4, -0.2) is 24.7 Å². The molecule has 1 heterocycles. The van der Waals surface area contributed by atoms with Crippen molar-refractivity contribution in [1.29, 1.82) is 0 Å². The Morgan fingerprint density at radius 1 is 1.38 bits per heavy atom. The molecule has 0 saturated heterocycles. The molecule has 7 nitrogen and oxygen atoms in total. The molecule has 0 spiro atoms. The lowest BCUT2D eigenvalue weighted by molar-refractivity contribution is -0.387. The summed E-state index contributed by atoms with van der Waals surface area (Å²) < 4.78 is 31.4. The van der Waals surface area contributed by atoms with Gasteiger partial charge in [0.05, 0.1) is 17.4 Å². The zero-order valence-electron chi connectivity index (χ0n) is 10.9. The third-order valence-corrected chi connectivity index (χ3v) is 5.12. The molecule has 0 aliphatic carbocycles. The topological polar surface area (TPSA) is 93.7 Å². The van der Waals surface area contributed by atoms with Crippen molar-refractivity contribution < 1.29 is 17.8 Å². The number of nitro groups is 1. The SMILES string of the molecule is CN(Cc1ccoc1)S(=O)(=O)c1cc(Br)ccc1[N+](=O)[O-]. The van der Waals surface area contributed by atoms with E-state index in [-0.39, 0.29) is 11.4 Å². The first kappa shape index (κ1) is 15.7. The number of rotatable bonds is 5. The normalized spacial score (nSPS) is 11.8. The van der Waals surface area contributed by atoms with E-state index in [0.717, 1.165) is 10.4 Å². The Bertz CT molecular complexity index is 758. The van der Waals surface area contributed by atoms with Crippen molar-refractivity contribution in [3.05, 3.63) is 56.9 Å². The average molecular weight is 375 g/mol. The van der Waals surface area contributed by atoms with Crippen LogP contribution in [0, 0.1) is 10.1 Å². The van der Waals surface area contributed by atoms with Crippen LogP contribution in [-0.2, 0) is 16.6 Å². The first-order valence-electron chi connectivity index (χ1n) is 5.73. The van der Waals surface area contributed by atoms with Crippen molar-refractivity contribution in [2.45, 2.75) is 11.4 Å². The monoisotopic (exact) mass is 374 g/mol. The summed E-state index contributed by atoms with van der Waals surface area (Å²) in [6.07, 6.45) is 2.85. The number of sulfonamides is 1. The Morgan fingerprint density at radius 2 is 2.10 bits per heavy atom. The highest BCUT2D eigenvalue weighted by atomic mass is 79.9. The van der Waals surface area contributed by atoms with Gasteiger partial charge in [-0.3, -0.25) is 10.1 Å². The molecule has 2 rings (SSSR count). The quantitative estimate of drug-likeness (QED) is 0.592. The highest BCUT2D eigenvalue weighted by Gasteiger charge is 2.30. The van der Waals surface area contributed by atoms with Crippen molar-refractivity contribution >= 4 is 31.6 Å². The average Bonchev–Trinajstić information content (AvgIpc) is 2.91. The minimum atomic E-state index is -3.99. The summed E-state index contributed by atoms with van der Waals surface area (Å²) in [5, 5.41) is 11.0. The molecule has 0 radical (unpaired) electrons. The summed E-state index contributed by atoms with van der Waals surface area (Å²) in [7, 11) is -2.64. The summed E-state index contributed by atoms with van der Waals surface area (Å²) in [5.74, 6) is 0. The third kappa shape index (κ3) is 3.31. The number of nitro benzene ring substituents is 1. The van der Waals surface area contributed by atoms with E-state index in [1.165, 1.54) is 31.7 Å². The molecule has 0 saturated carbocycles. The van der Waals surface area contributed by atoms with Crippen LogP contribution >= 0.6 is 15.9 Å². The van der Waals surface area contributed by atoms with E-state index in [1.807, 2.05) is 0 Å². The summed E-state index contributed by atoms with van der Waals surface area (Å²) in [6.45, 7) is 0.0580. The molecule has 1 aromatic heterocycles. The molecular weight excluding hydrogens is 364 g/mol. The molecule has 0 N–H and O–H groups in total. The van der Waals surface area contributed by atoms with Gasteiger partial charge in [-0.1, -0.05) is 15.9 Å². The standard InChI is InChI=1S/C12H11BrN2O5S/c1-14(7-9-4-5-20-8-9)21(18,19)12-6-10(13)2-3-11(12)15(16)17/h2-6,8H,7H2,1H3. The summed E-state index contributed by atoms with van der Waals surface area (Å²) in [5.41, 5.74) is 0.191. The zero-order chi connectivity index (χ0) is 15.6. The van der Waals surface area contributed by atoms with Crippen molar-refractivity contribution in [2.24, 2.45) is 0 Å². The lowest BCUT2D eigenvalue weighted by Gasteiger charge is -2.16. The predicted molar refractivity (Wildman–Crippen MR) is 78.2 cm³/mol. The molecule has 0 fully saturated rings. The molecular formula is C12H11BrN2O5S. The van der Waals surface area contributed by atoms with Gasteiger partial charge in [-0.05, 0) is 18.2 Å². The van der Waals surface area contributed by atoms with E-state index >= 15 is 0 Å². The van der Waals surface area contributed by atoms with Crippen LogP contribution in [0.4, 0.5) is 5.69 Å². The fraction of sp³-hybridized carbons (Fsp3) is 0.167. The Morgan fingerprint density at radius 3 is 2.67 bits per heavy atom. The Balaban J connectivity index is 2.43. The molecule has 21 heavy (non-hydrogen) atoms. The minimum absolute atomic E-state index is 0.0580. The highest BCUT2D eigenvalue weighted by Crippen LogP contribution is 2.29. The van der Waals surface area contributed by atoms with E-state index in [1.54, 1.807) is 6.07 Å². The van der Waals surface area contributed by atoms with E-state index < -0.39 is 20.6 Å². The molecule has 0 atom stereocenters. The molecule has 1 aromatic carbocycles. The number of furan rings is 1. The van der Waals surface area contributed by atoms with Gasteiger partial charge in [0.25, 0.3) is 5.69 Å².